The second kappa shape index (κ2) is 5.58. The summed E-state index contributed by atoms with van der Waals surface area (Å²) >= 11 is 0. The standard InChI is InChI=1S/C17H16O4/c1-19-15-6-5-12(8-16(15)20-2)17(18)11-3-4-13-9-21-10-14(13)7-11/h3-8H,9-10H2,1-2H3. The van der Waals surface area contributed by atoms with Gasteiger partial charge in [-0.15, -0.1) is 0 Å². The van der Waals surface area contributed by atoms with E-state index in [2.05, 4.69) is 0 Å². The number of carbonyl (C=O) groups is 1. The molecule has 2 aromatic rings. The van der Waals surface area contributed by atoms with Crippen molar-refractivity contribution in [1.82, 2.24) is 0 Å². The van der Waals surface area contributed by atoms with Crippen LogP contribution in [-0.4, -0.2) is 20.0 Å². The molecule has 4 heteroatoms. The van der Waals surface area contributed by atoms with E-state index in [1.165, 1.54) is 0 Å². The number of hydrogen-bond acceptors (Lipinski definition) is 4. The van der Waals surface area contributed by atoms with Crippen LogP contribution in [0, 0.1) is 0 Å². The van der Waals surface area contributed by atoms with Gasteiger partial charge in [0.05, 0.1) is 27.4 Å². The zero-order valence-corrected chi connectivity index (χ0v) is 12.0. The van der Waals surface area contributed by atoms with Crippen LogP contribution < -0.4 is 9.47 Å². The predicted octanol–water partition coefficient (Wildman–Crippen LogP) is 2.97. The zero-order chi connectivity index (χ0) is 14.8. The number of rotatable bonds is 4. The van der Waals surface area contributed by atoms with Crippen LogP contribution in [0.25, 0.3) is 0 Å². The van der Waals surface area contributed by atoms with Crippen LogP contribution in [0.15, 0.2) is 36.4 Å². The van der Waals surface area contributed by atoms with Gasteiger partial charge < -0.3 is 14.2 Å². The molecule has 1 aliphatic rings. The van der Waals surface area contributed by atoms with Gasteiger partial charge in [0.15, 0.2) is 17.3 Å². The highest BCUT2D eigenvalue weighted by molar-refractivity contribution is 6.09. The van der Waals surface area contributed by atoms with Crippen LogP contribution >= 0.6 is 0 Å². The quantitative estimate of drug-likeness (QED) is 0.810. The smallest absolute Gasteiger partial charge is 0.193 e. The van der Waals surface area contributed by atoms with Gasteiger partial charge in [0.25, 0.3) is 0 Å². The molecule has 21 heavy (non-hydrogen) atoms. The molecule has 2 aromatic carbocycles. The molecule has 0 saturated carbocycles. The Morgan fingerprint density at radius 3 is 2.33 bits per heavy atom. The number of fused-ring (bicyclic) bond motifs is 1. The molecule has 108 valence electrons. The number of carbonyl (C=O) groups excluding carboxylic acids is 1. The number of ether oxygens (including phenoxy) is 3. The van der Waals surface area contributed by atoms with Gasteiger partial charge in [-0.1, -0.05) is 12.1 Å². The molecule has 0 unspecified atom stereocenters. The van der Waals surface area contributed by atoms with Gasteiger partial charge in [-0.2, -0.15) is 0 Å². The van der Waals surface area contributed by atoms with Crippen molar-refractivity contribution in [1.29, 1.82) is 0 Å². The molecule has 1 aliphatic heterocycles. The number of benzene rings is 2. The molecule has 4 nitrogen and oxygen atoms in total. The van der Waals surface area contributed by atoms with E-state index in [0.717, 1.165) is 11.1 Å². The lowest BCUT2D eigenvalue weighted by atomic mass is 9.99. The summed E-state index contributed by atoms with van der Waals surface area (Å²) in [4.78, 5) is 12.6. The summed E-state index contributed by atoms with van der Waals surface area (Å²) in [5.41, 5.74) is 3.47. The fourth-order valence-corrected chi connectivity index (χ4v) is 2.46. The van der Waals surface area contributed by atoms with E-state index in [0.29, 0.717) is 35.8 Å². The number of hydrogen-bond donors (Lipinski definition) is 0. The first-order chi connectivity index (χ1) is 10.2. The number of methoxy groups -OCH3 is 2. The van der Waals surface area contributed by atoms with Crippen LogP contribution in [0.1, 0.15) is 27.0 Å². The molecule has 0 atom stereocenters. The van der Waals surface area contributed by atoms with Crippen molar-refractivity contribution in [3.8, 4) is 11.5 Å². The van der Waals surface area contributed by atoms with Crippen molar-refractivity contribution in [2.75, 3.05) is 14.2 Å². The summed E-state index contributed by atoms with van der Waals surface area (Å²) in [5.74, 6) is 1.12. The highest BCUT2D eigenvalue weighted by Gasteiger charge is 2.16. The maximum Gasteiger partial charge on any atom is 0.193 e. The van der Waals surface area contributed by atoms with E-state index in [1.807, 2.05) is 18.2 Å². The molecule has 0 bridgehead atoms. The van der Waals surface area contributed by atoms with Crippen molar-refractivity contribution >= 4 is 5.78 Å². The first-order valence-electron chi connectivity index (χ1n) is 6.69. The summed E-state index contributed by atoms with van der Waals surface area (Å²) in [7, 11) is 3.12. The maximum atomic E-state index is 12.6. The van der Waals surface area contributed by atoms with Crippen LogP contribution in [0.2, 0.25) is 0 Å². The minimum absolute atomic E-state index is 0.0364. The van der Waals surface area contributed by atoms with Gasteiger partial charge >= 0.3 is 0 Å². The lowest BCUT2D eigenvalue weighted by Crippen LogP contribution is -2.03. The molecule has 0 aliphatic carbocycles. The molecule has 0 aromatic heterocycles. The highest BCUT2D eigenvalue weighted by atomic mass is 16.5. The van der Waals surface area contributed by atoms with Crippen LogP contribution in [0.3, 0.4) is 0 Å². The first-order valence-corrected chi connectivity index (χ1v) is 6.69. The SMILES string of the molecule is COc1ccc(C(=O)c2ccc3c(c2)COC3)cc1OC. The molecule has 0 radical (unpaired) electrons. The van der Waals surface area contributed by atoms with Crippen molar-refractivity contribution in [3.05, 3.63) is 58.7 Å². The van der Waals surface area contributed by atoms with E-state index < -0.39 is 0 Å². The van der Waals surface area contributed by atoms with Gasteiger partial charge in [0.2, 0.25) is 0 Å². The molecule has 0 fully saturated rings. The minimum atomic E-state index is -0.0364. The Balaban J connectivity index is 1.95. The third-order valence-electron chi connectivity index (χ3n) is 3.63. The minimum Gasteiger partial charge on any atom is -0.493 e. The van der Waals surface area contributed by atoms with Crippen LogP contribution in [-0.2, 0) is 18.0 Å². The Morgan fingerprint density at radius 1 is 0.905 bits per heavy atom. The van der Waals surface area contributed by atoms with Crippen molar-refractivity contribution in [3.63, 3.8) is 0 Å². The summed E-state index contributed by atoms with van der Waals surface area (Å²) in [6, 6.07) is 10.9. The average molecular weight is 284 g/mol. The lowest BCUT2D eigenvalue weighted by Gasteiger charge is -2.09. The monoisotopic (exact) mass is 284 g/mol. The van der Waals surface area contributed by atoms with Gasteiger partial charge in [-0.25, -0.2) is 0 Å². The van der Waals surface area contributed by atoms with Gasteiger partial charge in [0.1, 0.15) is 0 Å². The van der Waals surface area contributed by atoms with E-state index in [4.69, 9.17) is 14.2 Å². The topological polar surface area (TPSA) is 44.8 Å². The molecule has 0 N–H and O–H groups in total. The Morgan fingerprint density at radius 2 is 1.57 bits per heavy atom. The van der Waals surface area contributed by atoms with E-state index in [9.17, 15) is 4.79 Å². The van der Waals surface area contributed by atoms with Gasteiger partial charge in [-0.3, -0.25) is 4.79 Å². The molecule has 0 spiro atoms. The molecule has 0 saturated heterocycles. The van der Waals surface area contributed by atoms with E-state index in [-0.39, 0.29) is 5.78 Å². The third kappa shape index (κ3) is 2.50. The molecule has 1 heterocycles. The Hall–Kier alpha value is -2.33. The predicted molar refractivity (Wildman–Crippen MR) is 77.9 cm³/mol. The van der Waals surface area contributed by atoms with Crippen molar-refractivity contribution < 1.29 is 19.0 Å². The van der Waals surface area contributed by atoms with E-state index in [1.54, 1.807) is 32.4 Å². The fraction of sp³-hybridized carbons (Fsp3) is 0.235. The number of ketones is 1. The fourth-order valence-electron chi connectivity index (χ4n) is 2.46. The maximum absolute atomic E-state index is 12.6. The van der Waals surface area contributed by atoms with E-state index >= 15 is 0 Å². The highest BCUT2D eigenvalue weighted by Crippen LogP contribution is 2.29. The second-order valence-corrected chi connectivity index (χ2v) is 4.88. The lowest BCUT2D eigenvalue weighted by molar-refractivity contribution is 0.103. The summed E-state index contributed by atoms with van der Waals surface area (Å²) in [6.45, 7) is 1.20. The largest absolute Gasteiger partial charge is 0.493 e. The molecular formula is C17H16O4. The summed E-state index contributed by atoms with van der Waals surface area (Å²) in [5, 5.41) is 0. The molecule has 0 amide bonds. The second-order valence-electron chi connectivity index (χ2n) is 4.88. The normalized spacial score (nSPS) is 12.9. The van der Waals surface area contributed by atoms with Gasteiger partial charge in [-0.05, 0) is 35.4 Å². The molecule has 3 rings (SSSR count). The third-order valence-corrected chi connectivity index (χ3v) is 3.63. The zero-order valence-electron chi connectivity index (χ0n) is 12.0. The van der Waals surface area contributed by atoms with Gasteiger partial charge in [0, 0.05) is 11.1 Å². The van der Waals surface area contributed by atoms with Crippen molar-refractivity contribution in [2.24, 2.45) is 0 Å². The van der Waals surface area contributed by atoms with Crippen molar-refractivity contribution in [2.45, 2.75) is 13.2 Å². The summed E-state index contributed by atoms with van der Waals surface area (Å²) in [6.07, 6.45) is 0. The average Bonchev–Trinajstić information content (AvgIpc) is 3.00. The van der Waals surface area contributed by atoms with Crippen LogP contribution in [0.4, 0.5) is 0 Å². The van der Waals surface area contributed by atoms with Crippen LogP contribution in [0.5, 0.6) is 11.5 Å². The summed E-state index contributed by atoms with van der Waals surface area (Å²) < 4.78 is 15.8. The Bertz CT molecular complexity index is 691. The molecular weight excluding hydrogens is 268 g/mol. The Kier molecular flexibility index (Phi) is 3.62. The first kappa shape index (κ1) is 13.6. The Labute approximate surface area is 123 Å².